The lowest BCUT2D eigenvalue weighted by Gasteiger charge is -2.10. The maximum atomic E-state index is 11.1. The molecule has 0 amide bonds. The first-order valence-electron chi connectivity index (χ1n) is 5.00. The molecule has 0 aromatic rings. The smallest absolute Gasteiger partial charge is 0.307 e. The van der Waals surface area contributed by atoms with Crippen molar-refractivity contribution in [1.82, 2.24) is 0 Å². The monoisotopic (exact) mass is 236 g/mol. The Balaban J connectivity index is 3.59. The predicted octanol–water partition coefficient (Wildman–Crippen LogP) is 2.24. The van der Waals surface area contributed by atoms with Gasteiger partial charge in [-0.1, -0.05) is 24.9 Å². The van der Waals surface area contributed by atoms with Crippen LogP contribution in [0, 0.1) is 0 Å². The molecule has 0 fully saturated rings. The third-order valence-electron chi connectivity index (χ3n) is 1.80. The van der Waals surface area contributed by atoms with E-state index in [2.05, 4.69) is 4.74 Å². The van der Waals surface area contributed by atoms with Gasteiger partial charge in [-0.15, -0.1) is 0 Å². The summed E-state index contributed by atoms with van der Waals surface area (Å²) in [4.78, 5) is 21.8. The fraction of sp³-hybridized carbons (Fsp3) is 0.800. The van der Waals surface area contributed by atoms with Crippen LogP contribution >= 0.6 is 11.6 Å². The van der Waals surface area contributed by atoms with Gasteiger partial charge in [-0.3, -0.25) is 9.59 Å². The molecule has 0 aromatic carbocycles. The third kappa shape index (κ3) is 8.24. The Morgan fingerprint density at radius 1 is 1.27 bits per heavy atom. The molecule has 0 rings (SSSR count). The molecule has 0 spiro atoms. The van der Waals surface area contributed by atoms with Gasteiger partial charge in [0.15, 0.2) is 5.56 Å². The first kappa shape index (κ1) is 14.2. The summed E-state index contributed by atoms with van der Waals surface area (Å²) in [6.07, 6.45) is 2.61. The minimum Gasteiger partial charge on any atom is -0.469 e. The molecule has 0 radical (unpaired) electrons. The first-order chi connectivity index (χ1) is 7.10. The Labute approximate surface area is 94.9 Å². The maximum Gasteiger partial charge on any atom is 0.307 e. The SMILES string of the molecule is CCCCC(Cl)OC(=O)CCC(=O)OC. The number of carbonyl (C=O) groups excluding carboxylic acids is 2. The van der Waals surface area contributed by atoms with E-state index in [0.717, 1.165) is 12.8 Å². The van der Waals surface area contributed by atoms with E-state index >= 15 is 0 Å². The second-order valence-corrected chi connectivity index (χ2v) is 3.61. The van der Waals surface area contributed by atoms with Crippen LogP contribution < -0.4 is 0 Å². The topological polar surface area (TPSA) is 52.6 Å². The number of ether oxygens (including phenoxy) is 2. The number of unbranched alkanes of at least 4 members (excludes halogenated alkanes) is 1. The maximum absolute atomic E-state index is 11.1. The van der Waals surface area contributed by atoms with E-state index in [1.165, 1.54) is 7.11 Å². The number of hydrogen-bond acceptors (Lipinski definition) is 4. The second kappa shape index (κ2) is 8.53. The zero-order valence-electron chi connectivity index (χ0n) is 9.12. The van der Waals surface area contributed by atoms with Crippen LogP contribution in [0.3, 0.4) is 0 Å². The molecule has 0 N–H and O–H groups in total. The second-order valence-electron chi connectivity index (χ2n) is 3.12. The lowest BCUT2D eigenvalue weighted by atomic mass is 10.2. The minimum atomic E-state index is -0.588. The molecule has 0 heterocycles. The number of hydrogen-bond donors (Lipinski definition) is 0. The highest BCUT2D eigenvalue weighted by Crippen LogP contribution is 2.10. The number of rotatable bonds is 7. The molecule has 88 valence electrons. The van der Waals surface area contributed by atoms with Crippen molar-refractivity contribution in [3.8, 4) is 0 Å². The van der Waals surface area contributed by atoms with Gasteiger partial charge in [0.05, 0.1) is 20.0 Å². The molecule has 0 saturated carbocycles. The summed E-state index contributed by atoms with van der Waals surface area (Å²) >= 11 is 5.74. The average Bonchev–Trinajstić information content (AvgIpc) is 2.22. The Morgan fingerprint density at radius 2 is 1.87 bits per heavy atom. The van der Waals surface area contributed by atoms with Gasteiger partial charge in [0.25, 0.3) is 0 Å². The average molecular weight is 237 g/mol. The van der Waals surface area contributed by atoms with Crippen molar-refractivity contribution in [2.75, 3.05) is 7.11 Å². The van der Waals surface area contributed by atoms with Gasteiger partial charge in [0.2, 0.25) is 0 Å². The highest BCUT2D eigenvalue weighted by atomic mass is 35.5. The van der Waals surface area contributed by atoms with E-state index < -0.39 is 17.5 Å². The van der Waals surface area contributed by atoms with E-state index in [0.29, 0.717) is 6.42 Å². The fourth-order valence-corrected chi connectivity index (χ4v) is 1.18. The molecular weight excluding hydrogens is 220 g/mol. The standard InChI is InChI=1S/C10H17ClO4/c1-3-4-5-8(11)15-10(13)7-6-9(12)14-2/h8H,3-7H2,1-2H3. The zero-order chi connectivity index (χ0) is 11.7. The molecule has 1 atom stereocenters. The number of halogens is 1. The molecule has 0 aromatic heterocycles. The van der Waals surface area contributed by atoms with Crippen molar-refractivity contribution < 1.29 is 19.1 Å². The van der Waals surface area contributed by atoms with Crippen LogP contribution in [0.5, 0.6) is 0 Å². The van der Waals surface area contributed by atoms with Gasteiger partial charge in [-0.25, -0.2) is 0 Å². The van der Waals surface area contributed by atoms with E-state index in [4.69, 9.17) is 16.3 Å². The van der Waals surface area contributed by atoms with Gasteiger partial charge in [0.1, 0.15) is 0 Å². The van der Waals surface area contributed by atoms with Crippen LogP contribution in [0.4, 0.5) is 0 Å². The molecule has 0 aliphatic carbocycles. The van der Waals surface area contributed by atoms with Gasteiger partial charge < -0.3 is 9.47 Å². The number of methoxy groups -OCH3 is 1. The van der Waals surface area contributed by atoms with Gasteiger partial charge in [-0.2, -0.15) is 0 Å². The third-order valence-corrected chi connectivity index (χ3v) is 2.11. The van der Waals surface area contributed by atoms with Crippen LogP contribution in [0.2, 0.25) is 0 Å². The summed E-state index contributed by atoms with van der Waals surface area (Å²) < 4.78 is 9.26. The quantitative estimate of drug-likeness (QED) is 0.503. The Bertz CT molecular complexity index is 206. The zero-order valence-corrected chi connectivity index (χ0v) is 9.88. The molecule has 0 aliphatic heterocycles. The van der Waals surface area contributed by atoms with Gasteiger partial charge in [0, 0.05) is 0 Å². The largest absolute Gasteiger partial charge is 0.469 e. The Hall–Kier alpha value is -0.770. The van der Waals surface area contributed by atoms with Crippen molar-refractivity contribution in [2.24, 2.45) is 0 Å². The van der Waals surface area contributed by atoms with Crippen molar-refractivity contribution in [3.63, 3.8) is 0 Å². The van der Waals surface area contributed by atoms with Crippen LogP contribution in [0.1, 0.15) is 39.0 Å². The van der Waals surface area contributed by atoms with Crippen molar-refractivity contribution >= 4 is 23.5 Å². The van der Waals surface area contributed by atoms with E-state index in [-0.39, 0.29) is 12.8 Å². The van der Waals surface area contributed by atoms with Crippen LogP contribution in [0.15, 0.2) is 0 Å². The molecule has 0 aliphatic rings. The van der Waals surface area contributed by atoms with Crippen molar-refractivity contribution in [1.29, 1.82) is 0 Å². The Morgan fingerprint density at radius 3 is 2.40 bits per heavy atom. The molecular formula is C10H17ClO4. The number of alkyl halides is 1. The first-order valence-corrected chi connectivity index (χ1v) is 5.44. The van der Waals surface area contributed by atoms with E-state index in [1.807, 2.05) is 6.92 Å². The predicted molar refractivity (Wildman–Crippen MR) is 56.5 cm³/mol. The lowest BCUT2D eigenvalue weighted by Crippen LogP contribution is -2.14. The van der Waals surface area contributed by atoms with E-state index in [1.54, 1.807) is 0 Å². The summed E-state index contributed by atoms with van der Waals surface area (Å²) in [7, 11) is 1.28. The highest BCUT2D eigenvalue weighted by molar-refractivity contribution is 6.20. The van der Waals surface area contributed by atoms with Crippen molar-refractivity contribution in [2.45, 2.75) is 44.6 Å². The normalized spacial score (nSPS) is 11.9. The molecule has 15 heavy (non-hydrogen) atoms. The van der Waals surface area contributed by atoms with Crippen LogP contribution in [-0.2, 0) is 19.1 Å². The summed E-state index contributed by atoms with van der Waals surface area (Å²) in [6, 6.07) is 0. The highest BCUT2D eigenvalue weighted by Gasteiger charge is 2.12. The number of esters is 2. The summed E-state index contributed by atoms with van der Waals surface area (Å²) in [5.74, 6) is -0.886. The molecule has 0 bridgehead atoms. The van der Waals surface area contributed by atoms with E-state index in [9.17, 15) is 9.59 Å². The summed E-state index contributed by atoms with van der Waals surface area (Å²) in [5.41, 5.74) is -0.588. The number of carbonyl (C=O) groups is 2. The molecule has 4 nitrogen and oxygen atoms in total. The van der Waals surface area contributed by atoms with Gasteiger partial charge >= 0.3 is 11.9 Å². The Kier molecular flexibility index (Phi) is 8.09. The van der Waals surface area contributed by atoms with Crippen LogP contribution in [-0.4, -0.2) is 24.6 Å². The van der Waals surface area contributed by atoms with Crippen molar-refractivity contribution in [3.05, 3.63) is 0 Å². The van der Waals surface area contributed by atoms with Crippen LogP contribution in [0.25, 0.3) is 0 Å². The molecule has 5 heteroatoms. The minimum absolute atomic E-state index is 0.0159. The fourth-order valence-electron chi connectivity index (χ4n) is 0.931. The molecule has 0 saturated heterocycles. The molecule has 1 unspecified atom stereocenters. The van der Waals surface area contributed by atoms with Gasteiger partial charge in [-0.05, 0) is 12.8 Å². The lowest BCUT2D eigenvalue weighted by molar-refractivity contribution is -0.150. The summed E-state index contributed by atoms with van der Waals surface area (Å²) in [5, 5.41) is 0. The summed E-state index contributed by atoms with van der Waals surface area (Å²) in [6.45, 7) is 2.03.